The second-order valence-electron chi connectivity index (χ2n) is 6.45. The Labute approximate surface area is 137 Å². The van der Waals surface area contributed by atoms with E-state index >= 15 is 0 Å². The first kappa shape index (κ1) is 15.9. The summed E-state index contributed by atoms with van der Waals surface area (Å²) in [5, 5.41) is 6.41. The quantitative estimate of drug-likeness (QED) is 0.897. The van der Waals surface area contributed by atoms with Gasteiger partial charge in [-0.1, -0.05) is 0 Å². The molecule has 2 heterocycles. The molecule has 0 bridgehead atoms. The van der Waals surface area contributed by atoms with E-state index in [1.54, 1.807) is 26.4 Å². The van der Waals surface area contributed by atoms with Crippen LogP contribution in [0, 0.1) is 5.41 Å². The third-order valence-corrected chi connectivity index (χ3v) is 4.92. The maximum atomic E-state index is 12.6. The van der Waals surface area contributed by atoms with E-state index in [1.165, 1.54) is 6.42 Å². The predicted molar refractivity (Wildman–Crippen MR) is 89.3 cm³/mol. The number of carbonyl (C=O) groups is 1. The maximum absolute atomic E-state index is 12.6. The lowest BCUT2D eigenvalue weighted by Crippen LogP contribution is -2.48. The number of amides is 2. The lowest BCUT2D eigenvalue weighted by atomic mass is 9.79. The number of likely N-dealkylation sites (tertiary alicyclic amines) is 1. The highest BCUT2D eigenvalue weighted by atomic mass is 16.5. The number of carbonyl (C=O) groups excluding carboxylic acids is 1. The number of ether oxygens (including phenoxy) is 2. The highest BCUT2D eigenvalue weighted by Crippen LogP contribution is 2.36. The van der Waals surface area contributed by atoms with Crippen LogP contribution < -0.4 is 20.1 Å². The molecule has 0 aliphatic carbocycles. The molecule has 6 nitrogen and oxygen atoms in total. The number of hydrogen-bond donors (Lipinski definition) is 2. The first-order chi connectivity index (χ1) is 11.2. The second-order valence-corrected chi connectivity index (χ2v) is 6.45. The Hall–Kier alpha value is -1.95. The molecule has 1 aromatic carbocycles. The first-order valence-corrected chi connectivity index (χ1v) is 8.14. The fraction of sp³-hybridized carbons (Fsp3) is 0.588. The van der Waals surface area contributed by atoms with Crippen LogP contribution in [-0.4, -0.2) is 51.3 Å². The van der Waals surface area contributed by atoms with Gasteiger partial charge >= 0.3 is 6.03 Å². The number of anilines is 1. The van der Waals surface area contributed by atoms with Gasteiger partial charge in [-0.2, -0.15) is 0 Å². The smallest absolute Gasteiger partial charge is 0.321 e. The molecule has 2 saturated heterocycles. The fourth-order valence-electron chi connectivity index (χ4n) is 3.64. The van der Waals surface area contributed by atoms with Gasteiger partial charge in [0.05, 0.1) is 14.2 Å². The number of benzene rings is 1. The molecule has 2 N–H and O–H groups in total. The van der Waals surface area contributed by atoms with Gasteiger partial charge in [-0.25, -0.2) is 4.79 Å². The Kier molecular flexibility index (Phi) is 4.61. The van der Waals surface area contributed by atoms with E-state index < -0.39 is 0 Å². The van der Waals surface area contributed by atoms with E-state index in [0.29, 0.717) is 11.5 Å². The van der Waals surface area contributed by atoms with Crippen molar-refractivity contribution in [2.24, 2.45) is 5.41 Å². The molecular formula is C17H25N3O3. The van der Waals surface area contributed by atoms with Gasteiger partial charge in [-0.15, -0.1) is 0 Å². The summed E-state index contributed by atoms with van der Waals surface area (Å²) < 4.78 is 10.5. The molecule has 23 heavy (non-hydrogen) atoms. The van der Waals surface area contributed by atoms with Crippen LogP contribution in [0.4, 0.5) is 10.5 Å². The minimum Gasteiger partial charge on any atom is -0.493 e. The van der Waals surface area contributed by atoms with Crippen molar-refractivity contribution < 1.29 is 14.3 Å². The highest BCUT2D eigenvalue weighted by molar-refractivity contribution is 5.89. The molecule has 2 fully saturated rings. The average molecular weight is 319 g/mol. The van der Waals surface area contributed by atoms with Gasteiger partial charge in [0.2, 0.25) is 0 Å². The largest absolute Gasteiger partial charge is 0.493 e. The molecule has 2 aliphatic heterocycles. The van der Waals surface area contributed by atoms with Crippen LogP contribution >= 0.6 is 0 Å². The normalized spacial score (nSPS) is 23.8. The van der Waals surface area contributed by atoms with Crippen molar-refractivity contribution in [3.05, 3.63) is 18.2 Å². The summed E-state index contributed by atoms with van der Waals surface area (Å²) in [5.74, 6) is 1.26. The van der Waals surface area contributed by atoms with Crippen molar-refractivity contribution in [2.45, 2.75) is 19.3 Å². The molecule has 1 aromatic rings. The topological polar surface area (TPSA) is 62.8 Å². The fourth-order valence-corrected chi connectivity index (χ4v) is 3.64. The predicted octanol–water partition coefficient (Wildman–Crippen LogP) is 2.31. The van der Waals surface area contributed by atoms with E-state index in [2.05, 4.69) is 10.6 Å². The Morgan fingerprint density at radius 1 is 1.26 bits per heavy atom. The van der Waals surface area contributed by atoms with Crippen molar-refractivity contribution in [3.63, 3.8) is 0 Å². The molecule has 1 spiro atoms. The van der Waals surface area contributed by atoms with Crippen LogP contribution in [0.2, 0.25) is 0 Å². The molecule has 2 aliphatic rings. The van der Waals surface area contributed by atoms with Crippen molar-refractivity contribution in [1.82, 2.24) is 10.2 Å². The van der Waals surface area contributed by atoms with Crippen LogP contribution in [0.15, 0.2) is 18.2 Å². The lowest BCUT2D eigenvalue weighted by Gasteiger charge is -2.39. The van der Waals surface area contributed by atoms with Crippen LogP contribution in [-0.2, 0) is 0 Å². The number of urea groups is 1. The summed E-state index contributed by atoms with van der Waals surface area (Å²) in [7, 11) is 3.18. The highest BCUT2D eigenvalue weighted by Gasteiger charge is 2.39. The van der Waals surface area contributed by atoms with E-state index in [9.17, 15) is 4.79 Å². The van der Waals surface area contributed by atoms with E-state index in [1.807, 2.05) is 11.0 Å². The Balaban J connectivity index is 1.66. The first-order valence-electron chi connectivity index (χ1n) is 8.14. The number of methoxy groups -OCH3 is 2. The SMILES string of the molecule is COc1ccc(NC(=O)N2CCCC3(CCNC3)C2)cc1OC. The summed E-state index contributed by atoms with van der Waals surface area (Å²) in [6, 6.07) is 5.37. The van der Waals surface area contributed by atoms with E-state index in [-0.39, 0.29) is 11.4 Å². The molecule has 1 unspecified atom stereocenters. The molecule has 126 valence electrons. The van der Waals surface area contributed by atoms with Crippen LogP contribution in [0.3, 0.4) is 0 Å². The molecular weight excluding hydrogens is 294 g/mol. The van der Waals surface area contributed by atoms with Crippen molar-refractivity contribution in [1.29, 1.82) is 0 Å². The molecule has 2 amide bonds. The summed E-state index contributed by atoms with van der Waals surface area (Å²) in [4.78, 5) is 14.5. The Bertz CT molecular complexity index is 570. The van der Waals surface area contributed by atoms with Gasteiger partial charge in [-0.05, 0) is 37.9 Å². The molecule has 0 radical (unpaired) electrons. The average Bonchev–Trinajstić information content (AvgIpc) is 3.02. The number of hydrogen-bond acceptors (Lipinski definition) is 4. The van der Waals surface area contributed by atoms with Gasteiger partial charge in [0, 0.05) is 36.8 Å². The number of rotatable bonds is 3. The van der Waals surface area contributed by atoms with Crippen molar-refractivity contribution in [2.75, 3.05) is 45.7 Å². The molecule has 1 atom stereocenters. The molecule has 6 heteroatoms. The van der Waals surface area contributed by atoms with E-state index in [0.717, 1.165) is 44.7 Å². The number of piperidine rings is 1. The van der Waals surface area contributed by atoms with Gasteiger partial charge in [0.25, 0.3) is 0 Å². The standard InChI is InChI=1S/C17H25N3O3/c1-22-14-5-4-13(10-15(14)23-2)19-16(21)20-9-3-6-17(12-20)7-8-18-11-17/h4-5,10,18H,3,6-9,11-12H2,1-2H3,(H,19,21). The van der Waals surface area contributed by atoms with Gasteiger partial charge in [0.15, 0.2) is 11.5 Å². The third-order valence-electron chi connectivity index (χ3n) is 4.92. The van der Waals surface area contributed by atoms with Gasteiger partial charge in [-0.3, -0.25) is 0 Å². The number of nitrogens with one attached hydrogen (secondary N) is 2. The van der Waals surface area contributed by atoms with Crippen LogP contribution in [0.1, 0.15) is 19.3 Å². The summed E-state index contributed by atoms with van der Waals surface area (Å²) in [5.41, 5.74) is 0.990. The molecule has 3 rings (SSSR count). The van der Waals surface area contributed by atoms with Crippen molar-refractivity contribution in [3.8, 4) is 11.5 Å². The zero-order valence-corrected chi connectivity index (χ0v) is 13.9. The van der Waals surface area contributed by atoms with Gasteiger partial charge in [0.1, 0.15) is 0 Å². The minimum absolute atomic E-state index is 0.0387. The zero-order valence-electron chi connectivity index (χ0n) is 13.9. The second kappa shape index (κ2) is 6.66. The zero-order chi connectivity index (χ0) is 16.3. The van der Waals surface area contributed by atoms with Crippen LogP contribution in [0.5, 0.6) is 11.5 Å². The number of nitrogens with zero attached hydrogens (tertiary/aromatic N) is 1. The molecule has 0 saturated carbocycles. The van der Waals surface area contributed by atoms with Gasteiger partial charge < -0.3 is 25.0 Å². The maximum Gasteiger partial charge on any atom is 0.321 e. The summed E-state index contributed by atoms with van der Waals surface area (Å²) in [6.07, 6.45) is 3.44. The van der Waals surface area contributed by atoms with E-state index in [4.69, 9.17) is 9.47 Å². The monoisotopic (exact) mass is 319 g/mol. The minimum atomic E-state index is -0.0387. The van der Waals surface area contributed by atoms with Crippen LogP contribution in [0.25, 0.3) is 0 Å². The lowest BCUT2D eigenvalue weighted by molar-refractivity contribution is 0.125. The summed E-state index contributed by atoms with van der Waals surface area (Å²) >= 11 is 0. The third kappa shape index (κ3) is 3.37. The Morgan fingerprint density at radius 3 is 2.78 bits per heavy atom. The Morgan fingerprint density at radius 2 is 2.09 bits per heavy atom. The summed E-state index contributed by atoms with van der Waals surface area (Å²) in [6.45, 7) is 3.73. The van der Waals surface area contributed by atoms with Crippen molar-refractivity contribution >= 4 is 11.7 Å². The molecule has 0 aromatic heterocycles.